The van der Waals surface area contributed by atoms with Gasteiger partial charge < -0.3 is 5.11 Å². The largest absolute Gasteiger partial charge is 0.416 e. The Balaban J connectivity index is 2.31. The molecule has 0 amide bonds. The monoisotopic (exact) mass is 372 g/mol. The maximum Gasteiger partial charge on any atom is 0.416 e. The molecule has 1 aliphatic rings. The molecule has 0 saturated heterocycles. The predicted octanol–water partition coefficient (Wildman–Crippen LogP) is 3.83. The van der Waals surface area contributed by atoms with E-state index in [1.165, 1.54) is 12.1 Å². The highest BCUT2D eigenvalue weighted by Gasteiger charge is 2.65. The lowest BCUT2D eigenvalue weighted by atomic mass is 9.96. The zero-order chi connectivity index (χ0) is 12.9. The van der Waals surface area contributed by atoms with E-state index in [1.54, 1.807) is 0 Å². The standard InChI is InChI=1S/C11H9Br2F3O/c12-10(13)5-9(10,6-17)7-1-3-8(4-2-7)11(14,15)16/h1-4,17H,5-6H2. The lowest BCUT2D eigenvalue weighted by Crippen LogP contribution is -2.19. The van der Waals surface area contributed by atoms with Gasteiger partial charge in [-0.1, -0.05) is 44.0 Å². The van der Waals surface area contributed by atoms with Crippen LogP contribution in [0.15, 0.2) is 24.3 Å². The fraction of sp³-hybridized carbons (Fsp3) is 0.455. The number of hydrogen-bond acceptors (Lipinski definition) is 1. The van der Waals surface area contributed by atoms with E-state index in [9.17, 15) is 18.3 Å². The van der Waals surface area contributed by atoms with E-state index in [0.717, 1.165) is 12.1 Å². The lowest BCUT2D eigenvalue weighted by molar-refractivity contribution is -0.137. The van der Waals surface area contributed by atoms with Crippen LogP contribution < -0.4 is 0 Å². The molecule has 0 bridgehead atoms. The van der Waals surface area contributed by atoms with Gasteiger partial charge >= 0.3 is 6.18 Å². The van der Waals surface area contributed by atoms with Gasteiger partial charge in [0.25, 0.3) is 0 Å². The van der Waals surface area contributed by atoms with Crippen LogP contribution in [0.5, 0.6) is 0 Å². The SMILES string of the molecule is OCC1(c2ccc(C(F)(F)F)cc2)CC1(Br)Br. The number of aliphatic hydroxyl groups is 1. The fourth-order valence-corrected chi connectivity index (χ4v) is 3.55. The molecule has 1 aliphatic carbocycles. The van der Waals surface area contributed by atoms with Crippen molar-refractivity contribution in [3.05, 3.63) is 35.4 Å². The van der Waals surface area contributed by atoms with Crippen LogP contribution in [0.25, 0.3) is 0 Å². The third-order valence-corrected chi connectivity index (χ3v) is 5.21. The Morgan fingerprint density at radius 3 is 1.94 bits per heavy atom. The Hall–Kier alpha value is -0.0700. The Morgan fingerprint density at radius 1 is 1.18 bits per heavy atom. The third kappa shape index (κ3) is 2.15. The second kappa shape index (κ2) is 3.96. The van der Waals surface area contributed by atoms with Crippen molar-refractivity contribution in [3.63, 3.8) is 0 Å². The first kappa shape index (κ1) is 13.4. The third-order valence-electron chi connectivity index (χ3n) is 3.13. The summed E-state index contributed by atoms with van der Waals surface area (Å²) in [4.78, 5) is 0. The van der Waals surface area contributed by atoms with Crippen LogP contribution >= 0.6 is 31.9 Å². The smallest absolute Gasteiger partial charge is 0.395 e. The average molecular weight is 374 g/mol. The zero-order valence-corrected chi connectivity index (χ0v) is 11.7. The van der Waals surface area contributed by atoms with Crippen molar-refractivity contribution in [2.24, 2.45) is 0 Å². The van der Waals surface area contributed by atoms with Crippen LogP contribution in [-0.4, -0.2) is 14.9 Å². The molecule has 1 N–H and O–H groups in total. The van der Waals surface area contributed by atoms with Crippen molar-refractivity contribution in [1.82, 2.24) is 0 Å². The summed E-state index contributed by atoms with van der Waals surface area (Å²) in [5.41, 5.74) is -0.511. The minimum absolute atomic E-state index is 0.116. The number of rotatable bonds is 2. The summed E-state index contributed by atoms with van der Waals surface area (Å²) in [5.74, 6) is 0. The Bertz CT molecular complexity index is 427. The van der Waals surface area contributed by atoms with Crippen molar-refractivity contribution in [2.75, 3.05) is 6.61 Å². The maximum absolute atomic E-state index is 12.4. The van der Waals surface area contributed by atoms with Crippen molar-refractivity contribution >= 4 is 31.9 Å². The molecule has 1 saturated carbocycles. The van der Waals surface area contributed by atoms with Gasteiger partial charge in [-0.25, -0.2) is 0 Å². The molecule has 1 unspecified atom stereocenters. The number of hydrogen-bond donors (Lipinski definition) is 1. The van der Waals surface area contributed by atoms with Gasteiger partial charge in [-0.05, 0) is 24.1 Å². The molecule has 0 heterocycles. The normalized spacial score (nSPS) is 26.9. The van der Waals surface area contributed by atoms with Gasteiger partial charge in [0, 0.05) is 5.41 Å². The van der Waals surface area contributed by atoms with Crippen molar-refractivity contribution in [3.8, 4) is 0 Å². The topological polar surface area (TPSA) is 20.2 Å². The molecular weight excluding hydrogens is 365 g/mol. The van der Waals surface area contributed by atoms with Crippen LogP contribution in [0, 0.1) is 0 Å². The van der Waals surface area contributed by atoms with E-state index < -0.39 is 20.4 Å². The van der Waals surface area contributed by atoms with Gasteiger partial charge in [0.15, 0.2) is 0 Å². The maximum atomic E-state index is 12.4. The van der Waals surface area contributed by atoms with E-state index >= 15 is 0 Å². The second-order valence-corrected chi connectivity index (χ2v) is 7.97. The molecule has 94 valence electrons. The first-order valence-electron chi connectivity index (χ1n) is 4.89. The predicted molar refractivity (Wildman–Crippen MR) is 65.4 cm³/mol. The molecule has 1 fully saturated rings. The number of benzene rings is 1. The van der Waals surface area contributed by atoms with Gasteiger partial charge in [-0.15, -0.1) is 0 Å². The van der Waals surface area contributed by atoms with Gasteiger partial charge in [-0.2, -0.15) is 13.2 Å². The van der Waals surface area contributed by atoms with Gasteiger partial charge in [0.05, 0.1) is 15.4 Å². The minimum atomic E-state index is -4.33. The van der Waals surface area contributed by atoms with Gasteiger partial charge in [0.1, 0.15) is 0 Å². The summed E-state index contributed by atoms with van der Waals surface area (Å²) in [6, 6.07) is 4.93. The Labute approximate surface area is 113 Å². The van der Waals surface area contributed by atoms with Gasteiger partial charge in [-0.3, -0.25) is 0 Å². The zero-order valence-electron chi connectivity index (χ0n) is 8.56. The molecule has 1 nitrogen and oxygen atoms in total. The summed E-state index contributed by atoms with van der Waals surface area (Å²) in [5, 5.41) is 9.39. The summed E-state index contributed by atoms with van der Waals surface area (Å²) < 4.78 is 36.8. The van der Waals surface area contributed by atoms with Crippen molar-refractivity contribution in [2.45, 2.75) is 21.2 Å². The Morgan fingerprint density at radius 2 is 1.65 bits per heavy atom. The molecule has 0 aliphatic heterocycles. The highest BCUT2D eigenvalue weighted by Crippen LogP contribution is 2.66. The van der Waals surface area contributed by atoms with E-state index in [1.807, 2.05) is 0 Å². The average Bonchev–Trinajstić information content (AvgIpc) is 2.81. The molecule has 0 aromatic heterocycles. The highest BCUT2D eigenvalue weighted by atomic mass is 79.9. The summed E-state index contributed by atoms with van der Waals surface area (Å²) in [6.07, 6.45) is -3.68. The highest BCUT2D eigenvalue weighted by molar-refractivity contribution is 9.25. The molecule has 2 rings (SSSR count). The van der Waals surface area contributed by atoms with Crippen LogP contribution in [0.1, 0.15) is 17.5 Å². The number of aliphatic hydroxyl groups excluding tert-OH is 1. The molecular formula is C11H9Br2F3O. The molecule has 0 radical (unpaired) electrons. The van der Waals surface area contributed by atoms with Crippen molar-refractivity contribution in [1.29, 1.82) is 0 Å². The van der Waals surface area contributed by atoms with Crippen LogP contribution in [0.3, 0.4) is 0 Å². The van der Waals surface area contributed by atoms with Crippen LogP contribution in [0.4, 0.5) is 13.2 Å². The first-order chi connectivity index (χ1) is 7.73. The van der Waals surface area contributed by atoms with E-state index in [-0.39, 0.29) is 6.61 Å². The van der Waals surface area contributed by atoms with E-state index in [4.69, 9.17) is 0 Å². The molecule has 0 spiro atoms. The lowest BCUT2D eigenvalue weighted by Gasteiger charge is -2.17. The van der Waals surface area contributed by atoms with Crippen molar-refractivity contribution < 1.29 is 18.3 Å². The summed E-state index contributed by atoms with van der Waals surface area (Å²) in [6.45, 7) is -0.116. The quantitative estimate of drug-likeness (QED) is 0.781. The summed E-state index contributed by atoms with van der Waals surface area (Å²) >= 11 is 6.80. The van der Waals surface area contributed by atoms with Crippen LogP contribution in [-0.2, 0) is 11.6 Å². The van der Waals surface area contributed by atoms with E-state index in [0.29, 0.717) is 12.0 Å². The first-order valence-corrected chi connectivity index (χ1v) is 6.48. The number of halogens is 5. The molecule has 1 aromatic rings. The molecule has 17 heavy (non-hydrogen) atoms. The molecule has 6 heteroatoms. The van der Waals surface area contributed by atoms with Crippen LogP contribution in [0.2, 0.25) is 0 Å². The minimum Gasteiger partial charge on any atom is -0.395 e. The molecule has 1 aromatic carbocycles. The second-order valence-electron chi connectivity index (χ2n) is 4.20. The molecule has 1 atom stereocenters. The summed E-state index contributed by atoms with van der Waals surface area (Å²) in [7, 11) is 0. The van der Waals surface area contributed by atoms with Gasteiger partial charge in [0.2, 0.25) is 0 Å². The fourth-order valence-electron chi connectivity index (χ4n) is 1.89. The number of alkyl halides is 5. The Kier molecular flexibility index (Phi) is 3.12. The van der Waals surface area contributed by atoms with E-state index in [2.05, 4.69) is 31.9 Å².